The number of thiazole rings is 1. The van der Waals surface area contributed by atoms with Crippen LogP contribution in [0.2, 0.25) is 0 Å². The maximum absolute atomic E-state index is 10.6. The molecule has 0 aliphatic rings. The Labute approximate surface area is 114 Å². The molecular formula is C13H14N2O3S. The van der Waals surface area contributed by atoms with Gasteiger partial charge in [-0.15, -0.1) is 11.3 Å². The van der Waals surface area contributed by atoms with Gasteiger partial charge < -0.3 is 9.84 Å². The molecule has 0 aliphatic carbocycles. The molecule has 100 valence electrons. The number of carboxylic acids is 1. The largest absolute Gasteiger partial charge is 0.486 e. The molecule has 0 unspecified atom stereocenters. The van der Waals surface area contributed by atoms with E-state index in [1.165, 1.54) is 12.3 Å². The minimum atomic E-state index is -1.05. The zero-order chi connectivity index (χ0) is 13.7. The van der Waals surface area contributed by atoms with E-state index in [0.29, 0.717) is 12.4 Å². The van der Waals surface area contributed by atoms with Crippen LogP contribution in [-0.4, -0.2) is 21.0 Å². The first-order chi connectivity index (χ1) is 9.19. The van der Waals surface area contributed by atoms with Crippen LogP contribution >= 0.6 is 11.3 Å². The minimum Gasteiger partial charge on any atom is -0.486 e. The lowest BCUT2D eigenvalue weighted by Gasteiger charge is -2.03. The maximum Gasteiger partial charge on any atom is 0.354 e. The lowest BCUT2D eigenvalue weighted by molar-refractivity contribution is 0.0690. The third-order valence-corrected chi connectivity index (χ3v) is 3.36. The van der Waals surface area contributed by atoms with Crippen LogP contribution in [0.15, 0.2) is 23.7 Å². The van der Waals surface area contributed by atoms with E-state index >= 15 is 0 Å². The van der Waals surface area contributed by atoms with Gasteiger partial charge in [0.1, 0.15) is 18.1 Å². The van der Waals surface area contributed by atoms with Crippen LogP contribution in [0.3, 0.4) is 0 Å². The second-order valence-corrected chi connectivity index (χ2v) is 4.90. The van der Waals surface area contributed by atoms with E-state index in [9.17, 15) is 4.79 Å². The summed E-state index contributed by atoms with van der Waals surface area (Å²) in [5.74, 6) is -0.509. The highest BCUT2D eigenvalue weighted by Gasteiger charge is 2.05. The number of aromatic nitrogens is 2. The molecule has 6 heteroatoms. The molecule has 0 radical (unpaired) electrons. The van der Waals surface area contributed by atoms with Crippen molar-refractivity contribution < 1.29 is 14.6 Å². The summed E-state index contributed by atoms with van der Waals surface area (Å²) >= 11 is 1.63. The van der Waals surface area contributed by atoms with Crippen molar-refractivity contribution >= 4 is 17.3 Å². The van der Waals surface area contributed by atoms with E-state index in [1.54, 1.807) is 17.4 Å². The van der Waals surface area contributed by atoms with Crippen molar-refractivity contribution in [3.63, 3.8) is 0 Å². The number of rotatable bonds is 6. The fraction of sp³-hybridized carbons (Fsp3) is 0.308. The fourth-order valence-electron chi connectivity index (χ4n) is 1.49. The van der Waals surface area contributed by atoms with Crippen LogP contribution in [0.25, 0.3) is 0 Å². The molecule has 0 saturated carbocycles. The molecule has 2 aromatic rings. The molecule has 0 aliphatic heterocycles. The van der Waals surface area contributed by atoms with Crippen molar-refractivity contribution in [1.29, 1.82) is 0 Å². The Morgan fingerprint density at radius 3 is 2.95 bits per heavy atom. The molecule has 0 saturated heterocycles. The standard InChI is InChI=1S/C13H14N2O3S/c1-2-3-12-15-9(8-19-12)7-18-10-4-5-11(13(16)17)14-6-10/h4-6,8H,2-3,7H2,1H3,(H,16,17). The number of ether oxygens (including phenoxy) is 1. The average molecular weight is 278 g/mol. The van der Waals surface area contributed by atoms with Gasteiger partial charge in [-0.1, -0.05) is 6.92 Å². The van der Waals surface area contributed by atoms with Gasteiger partial charge in [-0.3, -0.25) is 0 Å². The van der Waals surface area contributed by atoms with Gasteiger partial charge in [-0.05, 0) is 25.0 Å². The highest BCUT2D eigenvalue weighted by atomic mass is 32.1. The van der Waals surface area contributed by atoms with E-state index in [2.05, 4.69) is 16.9 Å². The van der Waals surface area contributed by atoms with Gasteiger partial charge in [0.15, 0.2) is 0 Å². The zero-order valence-electron chi connectivity index (χ0n) is 10.5. The Bertz CT molecular complexity index is 551. The lowest BCUT2D eigenvalue weighted by atomic mass is 10.3. The Hall–Kier alpha value is -1.95. The van der Waals surface area contributed by atoms with Gasteiger partial charge in [0, 0.05) is 5.38 Å². The molecule has 1 N–H and O–H groups in total. The van der Waals surface area contributed by atoms with Crippen molar-refractivity contribution in [2.45, 2.75) is 26.4 Å². The van der Waals surface area contributed by atoms with Crippen molar-refractivity contribution in [3.05, 3.63) is 40.1 Å². The molecule has 0 spiro atoms. The summed E-state index contributed by atoms with van der Waals surface area (Å²) in [5, 5.41) is 11.8. The fourth-order valence-corrected chi connectivity index (χ4v) is 2.38. The Morgan fingerprint density at radius 1 is 1.47 bits per heavy atom. The van der Waals surface area contributed by atoms with Gasteiger partial charge in [0.2, 0.25) is 0 Å². The molecule has 0 bridgehead atoms. The van der Waals surface area contributed by atoms with Crippen LogP contribution in [0, 0.1) is 0 Å². The van der Waals surface area contributed by atoms with Crippen molar-refractivity contribution in [2.75, 3.05) is 0 Å². The molecule has 0 fully saturated rings. The highest BCUT2D eigenvalue weighted by molar-refractivity contribution is 7.09. The van der Waals surface area contributed by atoms with Crippen LogP contribution in [0.1, 0.15) is 34.5 Å². The Kier molecular flexibility index (Phi) is 4.46. The topological polar surface area (TPSA) is 72.3 Å². The molecule has 0 amide bonds. The zero-order valence-corrected chi connectivity index (χ0v) is 11.3. The summed E-state index contributed by atoms with van der Waals surface area (Å²) in [6.45, 7) is 2.49. The second kappa shape index (κ2) is 6.29. The van der Waals surface area contributed by atoms with E-state index in [-0.39, 0.29) is 5.69 Å². The summed E-state index contributed by atoms with van der Waals surface area (Å²) in [4.78, 5) is 18.9. The average Bonchev–Trinajstić information content (AvgIpc) is 2.85. The normalized spacial score (nSPS) is 10.4. The highest BCUT2D eigenvalue weighted by Crippen LogP contribution is 2.15. The molecule has 0 aromatic carbocycles. The number of aryl methyl sites for hydroxylation is 1. The van der Waals surface area contributed by atoms with E-state index < -0.39 is 5.97 Å². The first kappa shape index (κ1) is 13.5. The summed E-state index contributed by atoms with van der Waals surface area (Å²) in [6, 6.07) is 3.01. The third-order valence-electron chi connectivity index (χ3n) is 2.41. The van der Waals surface area contributed by atoms with Crippen molar-refractivity contribution in [3.8, 4) is 5.75 Å². The number of hydrogen-bond acceptors (Lipinski definition) is 5. The van der Waals surface area contributed by atoms with Crippen molar-refractivity contribution in [2.24, 2.45) is 0 Å². The number of carboxylic acid groups (broad SMARTS) is 1. The molecular weight excluding hydrogens is 264 g/mol. The molecule has 2 heterocycles. The van der Waals surface area contributed by atoms with Crippen molar-refractivity contribution in [1.82, 2.24) is 9.97 Å². The molecule has 5 nitrogen and oxygen atoms in total. The number of carbonyl (C=O) groups is 1. The molecule has 2 rings (SSSR count). The number of nitrogens with zero attached hydrogens (tertiary/aromatic N) is 2. The molecule has 19 heavy (non-hydrogen) atoms. The van der Waals surface area contributed by atoms with E-state index in [4.69, 9.17) is 9.84 Å². The Balaban J connectivity index is 1.92. The van der Waals surface area contributed by atoms with Crippen LogP contribution in [0.5, 0.6) is 5.75 Å². The third kappa shape index (κ3) is 3.75. The number of pyridine rings is 1. The predicted molar refractivity (Wildman–Crippen MR) is 71.6 cm³/mol. The van der Waals surface area contributed by atoms with Gasteiger partial charge in [0.05, 0.1) is 16.9 Å². The first-order valence-electron chi connectivity index (χ1n) is 5.94. The maximum atomic E-state index is 10.6. The minimum absolute atomic E-state index is 0.00578. The van der Waals surface area contributed by atoms with Crippen LogP contribution in [0.4, 0.5) is 0 Å². The lowest BCUT2D eigenvalue weighted by Crippen LogP contribution is -2.01. The van der Waals surface area contributed by atoms with Crippen LogP contribution in [-0.2, 0) is 13.0 Å². The Morgan fingerprint density at radius 2 is 2.32 bits per heavy atom. The van der Waals surface area contributed by atoms with Crippen LogP contribution < -0.4 is 4.74 Å². The first-order valence-corrected chi connectivity index (χ1v) is 6.82. The second-order valence-electron chi connectivity index (χ2n) is 3.96. The summed E-state index contributed by atoms with van der Waals surface area (Å²) in [6.07, 6.45) is 3.47. The monoisotopic (exact) mass is 278 g/mol. The molecule has 0 atom stereocenters. The SMILES string of the molecule is CCCc1nc(COc2ccc(C(=O)O)nc2)cs1. The molecule has 2 aromatic heterocycles. The summed E-state index contributed by atoms with van der Waals surface area (Å²) < 4.78 is 5.51. The van der Waals surface area contributed by atoms with Gasteiger partial charge in [-0.2, -0.15) is 0 Å². The van der Waals surface area contributed by atoms with Gasteiger partial charge in [0.25, 0.3) is 0 Å². The smallest absolute Gasteiger partial charge is 0.354 e. The van der Waals surface area contributed by atoms with Gasteiger partial charge >= 0.3 is 5.97 Å². The predicted octanol–water partition coefficient (Wildman–Crippen LogP) is 2.77. The summed E-state index contributed by atoms with van der Waals surface area (Å²) in [7, 11) is 0. The summed E-state index contributed by atoms with van der Waals surface area (Å²) in [5.41, 5.74) is 0.891. The van der Waals surface area contributed by atoms with E-state index in [1.807, 2.05) is 5.38 Å². The number of hydrogen-bond donors (Lipinski definition) is 1. The van der Waals surface area contributed by atoms with Gasteiger partial charge in [-0.25, -0.2) is 14.8 Å². The quantitative estimate of drug-likeness (QED) is 0.879. The number of aromatic carboxylic acids is 1. The van der Waals surface area contributed by atoms with E-state index in [0.717, 1.165) is 23.5 Å².